The average molecular weight is 399 g/mol. The SMILES string of the molecule is CCCCCCCCCCCOc1cccc2c3ccccc3c3ccccc3c12. The van der Waals surface area contributed by atoms with Gasteiger partial charge in [0.05, 0.1) is 6.61 Å². The molecule has 0 saturated carbocycles. The monoisotopic (exact) mass is 398 g/mol. The van der Waals surface area contributed by atoms with Crippen molar-refractivity contribution < 1.29 is 4.74 Å². The maximum Gasteiger partial charge on any atom is 0.127 e. The number of benzene rings is 4. The molecule has 4 rings (SSSR count). The molecule has 1 nitrogen and oxygen atoms in total. The number of hydrogen-bond donors (Lipinski definition) is 0. The average Bonchev–Trinajstić information content (AvgIpc) is 2.80. The Bertz CT molecular complexity index is 1050. The standard InChI is InChI=1S/C29H34O/c1-2-3-4-5-6-7-8-9-14-22-30-28-21-15-20-27-25-17-11-10-16-23(25)24-18-12-13-19-26(24)29(27)28/h10-13,15-21H,2-9,14,22H2,1H3. The topological polar surface area (TPSA) is 9.23 Å². The molecule has 4 aromatic rings. The Morgan fingerprint density at radius 1 is 0.500 bits per heavy atom. The Labute approximate surface area is 181 Å². The van der Waals surface area contributed by atoms with Gasteiger partial charge in [-0.15, -0.1) is 0 Å². The van der Waals surface area contributed by atoms with E-state index in [-0.39, 0.29) is 0 Å². The molecular formula is C29H34O. The molecule has 0 heterocycles. The van der Waals surface area contributed by atoms with Gasteiger partial charge in [0, 0.05) is 5.39 Å². The number of ether oxygens (including phenoxy) is 1. The fraction of sp³-hybridized carbons (Fsp3) is 0.379. The van der Waals surface area contributed by atoms with Crippen LogP contribution in [-0.4, -0.2) is 6.61 Å². The first-order valence-electron chi connectivity index (χ1n) is 11.8. The van der Waals surface area contributed by atoms with E-state index in [1.165, 1.54) is 83.7 Å². The molecule has 0 saturated heterocycles. The van der Waals surface area contributed by atoms with Gasteiger partial charge >= 0.3 is 0 Å². The fourth-order valence-electron chi connectivity index (χ4n) is 4.64. The second-order valence-electron chi connectivity index (χ2n) is 8.45. The third kappa shape index (κ3) is 4.61. The van der Waals surface area contributed by atoms with E-state index in [9.17, 15) is 0 Å². The van der Waals surface area contributed by atoms with Gasteiger partial charge in [0.2, 0.25) is 0 Å². The summed E-state index contributed by atoms with van der Waals surface area (Å²) in [6.07, 6.45) is 12.0. The lowest BCUT2D eigenvalue weighted by Gasteiger charge is -2.14. The van der Waals surface area contributed by atoms with Crippen LogP contribution in [0, 0.1) is 0 Å². The molecule has 0 aromatic heterocycles. The van der Waals surface area contributed by atoms with Crippen molar-refractivity contribution in [1.29, 1.82) is 0 Å². The first-order chi connectivity index (χ1) is 14.9. The smallest absolute Gasteiger partial charge is 0.127 e. The van der Waals surface area contributed by atoms with Gasteiger partial charge in [-0.3, -0.25) is 0 Å². The summed E-state index contributed by atoms with van der Waals surface area (Å²) in [5, 5.41) is 7.75. The van der Waals surface area contributed by atoms with Crippen molar-refractivity contribution in [1.82, 2.24) is 0 Å². The first kappa shape index (κ1) is 20.7. The van der Waals surface area contributed by atoms with E-state index in [2.05, 4.69) is 73.7 Å². The molecule has 1 heteroatoms. The number of hydrogen-bond acceptors (Lipinski definition) is 1. The van der Waals surface area contributed by atoms with Crippen molar-refractivity contribution in [2.45, 2.75) is 64.7 Å². The van der Waals surface area contributed by atoms with Gasteiger partial charge in [-0.25, -0.2) is 0 Å². The van der Waals surface area contributed by atoms with Crippen molar-refractivity contribution in [3.8, 4) is 5.75 Å². The van der Waals surface area contributed by atoms with Crippen LogP contribution in [0.1, 0.15) is 64.7 Å². The van der Waals surface area contributed by atoms with Crippen LogP contribution in [0.15, 0.2) is 66.7 Å². The zero-order valence-electron chi connectivity index (χ0n) is 18.3. The fourth-order valence-corrected chi connectivity index (χ4v) is 4.64. The van der Waals surface area contributed by atoms with E-state index >= 15 is 0 Å². The Hall–Kier alpha value is -2.54. The Morgan fingerprint density at radius 3 is 1.57 bits per heavy atom. The quantitative estimate of drug-likeness (QED) is 0.181. The van der Waals surface area contributed by atoms with E-state index in [1.54, 1.807) is 0 Å². The highest BCUT2D eigenvalue weighted by atomic mass is 16.5. The van der Waals surface area contributed by atoms with Gasteiger partial charge in [-0.2, -0.15) is 0 Å². The van der Waals surface area contributed by atoms with Crippen LogP contribution in [0.5, 0.6) is 5.75 Å². The van der Waals surface area contributed by atoms with E-state index in [0.29, 0.717) is 0 Å². The van der Waals surface area contributed by atoms with Crippen LogP contribution in [-0.2, 0) is 0 Å². The van der Waals surface area contributed by atoms with Gasteiger partial charge in [0.1, 0.15) is 5.75 Å². The third-order valence-electron chi connectivity index (χ3n) is 6.24. The van der Waals surface area contributed by atoms with Gasteiger partial charge < -0.3 is 4.74 Å². The molecule has 0 amide bonds. The Morgan fingerprint density at radius 2 is 0.967 bits per heavy atom. The van der Waals surface area contributed by atoms with E-state index in [0.717, 1.165) is 18.8 Å². The molecule has 0 aliphatic rings. The summed E-state index contributed by atoms with van der Waals surface area (Å²) >= 11 is 0. The predicted molar refractivity (Wildman–Crippen MR) is 132 cm³/mol. The maximum absolute atomic E-state index is 6.34. The minimum atomic E-state index is 0.802. The normalized spacial score (nSPS) is 11.5. The predicted octanol–water partition coefficient (Wildman–Crippen LogP) is 9.06. The van der Waals surface area contributed by atoms with E-state index in [1.807, 2.05) is 0 Å². The Balaban J connectivity index is 1.45. The minimum absolute atomic E-state index is 0.802. The van der Waals surface area contributed by atoms with Crippen molar-refractivity contribution in [2.24, 2.45) is 0 Å². The van der Waals surface area contributed by atoms with Gasteiger partial charge in [-0.1, -0.05) is 119 Å². The summed E-state index contributed by atoms with van der Waals surface area (Å²) in [6.45, 7) is 3.08. The minimum Gasteiger partial charge on any atom is -0.493 e. The molecule has 0 radical (unpaired) electrons. The van der Waals surface area contributed by atoms with Crippen LogP contribution in [0.4, 0.5) is 0 Å². The van der Waals surface area contributed by atoms with Crippen LogP contribution in [0.2, 0.25) is 0 Å². The molecule has 0 fully saturated rings. The number of rotatable bonds is 11. The molecular weight excluding hydrogens is 364 g/mol. The highest BCUT2D eigenvalue weighted by molar-refractivity contribution is 6.26. The molecule has 0 aliphatic carbocycles. The van der Waals surface area contributed by atoms with Crippen LogP contribution >= 0.6 is 0 Å². The summed E-state index contributed by atoms with van der Waals surface area (Å²) < 4.78 is 6.34. The van der Waals surface area contributed by atoms with Gasteiger partial charge in [0.15, 0.2) is 0 Å². The first-order valence-corrected chi connectivity index (χ1v) is 11.8. The van der Waals surface area contributed by atoms with Gasteiger partial charge in [0.25, 0.3) is 0 Å². The van der Waals surface area contributed by atoms with Crippen LogP contribution in [0.3, 0.4) is 0 Å². The summed E-state index contributed by atoms with van der Waals surface area (Å²) in [4.78, 5) is 0. The largest absolute Gasteiger partial charge is 0.493 e. The van der Waals surface area contributed by atoms with Crippen molar-refractivity contribution in [3.63, 3.8) is 0 Å². The lowest BCUT2D eigenvalue weighted by molar-refractivity contribution is 0.308. The maximum atomic E-state index is 6.34. The second kappa shape index (κ2) is 10.5. The lowest BCUT2D eigenvalue weighted by atomic mass is 9.94. The second-order valence-corrected chi connectivity index (χ2v) is 8.45. The van der Waals surface area contributed by atoms with E-state index in [4.69, 9.17) is 4.74 Å². The molecule has 156 valence electrons. The highest BCUT2D eigenvalue weighted by Gasteiger charge is 2.11. The summed E-state index contributed by atoms with van der Waals surface area (Å²) in [5.41, 5.74) is 0. The molecule has 4 aromatic carbocycles. The molecule has 0 atom stereocenters. The van der Waals surface area contributed by atoms with Crippen LogP contribution in [0.25, 0.3) is 32.3 Å². The zero-order chi connectivity index (χ0) is 20.6. The highest BCUT2D eigenvalue weighted by Crippen LogP contribution is 2.39. The molecule has 0 spiro atoms. The van der Waals surface area contributed by atoms with E-state index < -0.39 is 0 Å². The number of fused-ring (bicyclic) bond motifs is 6. The summed E-state index contributed by atoms with van der Waals surface area (Å²) in [5.74, 6) is 1.02. The van der Waals surface area contributed by atoms with Crippen LogP contribution < -0.4 is 4.74 Å². The molecule has 0 unspecified atom stereocenters. The van der Waals surface area contributed by atoms with Crippen molar-refractivity contribution in [2.75, 3.05) is 6.61 Å². The molecule has 30 heavy (non-hydrogen) atoms. The molecule has 0 bridgehead atoms. The molecule has 0 aliphatic heterocycles. The summed E-state index contributed by atoms with van der Waals surface area (Å²) in [6, 6.07) is 23.9. The summed E-state index contributed by atoms with van der Waals surface area (Å²) in [7, 11) is 0. The third-order valence-corrected chi connectivity index (χ3v) is 6.24. The Kier molecular flexibility index (Phi) is 7.24. The van der Waals surface area contributed by atoms with Crippen molar-refractivity contribution >= 4 is 32.3 Å². The lowest BCUT2D eigenvalue weighted by Crippen LogP contribution is -1.98. The number of unbranched alkanes of at least 4 members (excludes halogenated alkanes) is 8. The van der Waals surface area contributed by atoms with Gasteiger partial charge in [-0.05, 0) is 39.4 Å². The molecule has 0 N–H and O–H groups in total. The zero-order valence-corrected chi connectivity index (χ0v) is 18.3. The van der Waals surface area contributed by atoms with Crippen molar-refractivity contribution in [3.05, 3.63) is 66.7 Å².